The summed E-state index contributed by atoms with van der Waals surface area (Å²) in [4.78, 5) is -0.358. The molecule has 1 aliphatic rings. The SMILES string of the molecule is COC1=CC(N)(/N=N/c2ccccc2S(=O)(=O)O)C(OC)C=C1. The molecular weight excluding hydrogens is 322 g/mol. The predicted octanol–water partition coefficient (Wildman–Crippen LogP) is 1.79. The Balaban J connectivity index is 2.43. The third-order valence-corrected chi connectivity index (χ3v) is 4.13. The van der Waals surface area contributed by atoms with Gasteiger partial charge in [0.2, 0.25) is 0 Å². The smallest absolute Gasteiger partial charge is 0.296 e. The van der Waals surface area contributed by atoms with Crippen molar-refractivity contribution in [1.29, 1.82) is 0 Å². The minimum atomic E-state index is -4.42. The molecule has 124 valence electrons. The number of methoxy groups -OCH3 is 2. The van der Waals surface area contributed by atoms with E-state index in [0.29, 0.717) is 5.76 Å². The molecule has 0 heterocycles. The van der Waals surface area contributed by atoms with Gasteiger partial charge in [-0.1, -0.05) is 12.1 Å². The average Bonchev–Trinajstić information content (AvgIpc) is 2.52. The Hall–Kier alpha value is -2.07. The molecular formula is C14H17N3O5S. The number of benzene rings is 1. The first kappa shape index (κ1) is 17.3. The zero-order chi connectivity index (χ0) is 17.1. The summed E-state index contributed by atoms with van der Waals surface area (Å²) in [5, 5.41) is 7.89. The van der Waals surface area contributed by atoms with Gasteiger partial charge in [-0.3, -0.25) is 10.3 Å². The normalized spacial score (nSPS) is 24.7. The second-order valence-electron chi connectivity index (χ2n) is 4.80. The zero-order valence-corrected chi connectivity index (χ0v) is 13.4. The summed E-state index contributed by atoms with van der Waals surface area (Å²) < 4.78 is 42.3. The number of hydrogen-bond acceptors (Lipinski definition) is 7. The third kappa shape index (κ3) is 3.82. The maximum Gasteiger partial charge on any atom is 0.296 e. The molecule has 2 atom stereocenters. The quantitative estimate of drug-likeness (QED) is 0.622. The van der Waals surface area contributed by atoms with Crippen LogP contribution in [0.3, 0.4) is 0 Å². The van der Waals surface area contributed by atoms with Crippen LogP contribution in [0.25, 0.3) is 0 Å². The van der Waals surface area contributed by atoms with Gasteiger partial charge in [0.25, 0.3) is 10.1 Å². The fourth-order valence-corrected chi connectivity index (χ4v) is 2.70. The van der Waals surface area contributed by atoms with E-state index in [1.165, 1.54) is 38.5 Å². The first-order valence-corrected chi connectivity index (χ1v) is 8.00. The van der Waals surface area contributed by atoms with E-state index >= 15 is 0 Å². The fraction of sp³-hybridized carbons (Fsp3) is 0.286. The first-order chi connectivity index (χ1) is 10.8. The Labute approximate surface area is 134 Å². The van der Waals surface area contributed by atoms with Gasteiger partial charge in [-0.25, -0.2) is 0 Å². The van der Waals surface area contributed by atoms with Crippen LogP contribution in [-0.2, 0) is 19.6 Å². The molecule has 8 nitrogen and oxygen atoms in total. The summed E-state index contributed by atoms with van der Waals surface area (Å²) in [5.41, 5.74) is 4.78. The van der Waals surface area contributed by atoms with Crippen molar-refractivity contribution in [3.8, 4) is 0 Å². The van der Waals surface area contributed by atoms with Crippen LogP contribution in [0.4, 0.5) is 5.69 Å². The Morgan fingerprint density at radius 3 is 2.61 bits per heavy atom. The maximum atomic E-state index is 11.4. The van der Waals surface area contributed by atoms with Gasteiger partial charge in [-0.15, -0.1) is 0 Å². The molecule has 2 rings (SSSR count). The molecule has 2 unspecified atom stereocenters. The Morgan fingerprint density at radius 1 is 1.30 bits per heavy atom. The lowest BCUT2D eigenvalue weighted by Gasteiger charge is -2.29. The second kappa shape index (κ2) is 6.59. The molecule has 1 aliphatic carbocycles. The van der Waals surface area contributed by atoms with Gasteiger partial charge < -0.3 is 9.47 Å². The predicted molar refractivity (Wildman–Crippen MR) is 82.7 cm³/mol. The van der Waals surface area contributed by atoms with E-state index in [0.717, 1.165) is 0 Å². The van der Waals surface area contributed by atoms with Crippen LogP contribution in [0.5, 0.6) is 0 Å². The summed E-state index contributed by atoms with van der Waals surface area (Å²) in [6.07, 6.45) is 4.25. The van der Waals surface area contributed by atoms with Crippen molar-refractivity contribution >= 4 is 15.8 Å². The van der Waals surface area contributed by atoms with Gasteiger partial charge >= 0.3 is 0 Å². The Kier molecular flexibility index (Phi) is 4.95. The molecule has 1 aromatic rings. The second-order valence-corrected chi connectivity index (χ2v) is 6.19. The van der Waals surface area contributed by atoms with Crippen molar-refractivity contribution in [3.05, 3.63) is 48.3 Å². The molecule has 23 heavy (non-hydrogen) atoms. The van der Waals surface area contributed by atoms with Crippen LogP contribution >= 0.6 is 0 Å². The van der Waals surface area contributed by atoms with Gasteiger partial charge in [-0.2, -0.15) is 18.6 Å². The number of azo groups is 1. The van der Waals surface area contributed by atoms with Crippen molar-refractivity contribution in [2.24, 2.45) is 16.0 Å². The molecule has 1 aromatic carbocycles. The highest BCUT2D eigenvalue weighted by Crippen LogP contribution is 2.28. The van der Waals surface area contributed by atoms with E-state index in [-0.39, 0.29) is 10.6 Å². The molecule has 0 saturated heterocycles. The van der Waals surface area contributed by atoms with Crippen LogP contribution < -0.4 is 5.73 Å². The highest BCUT2D eigenvalue weighted by molar-refractivity contribution is 7.86. The van der Waals surface area contributed by atoms with Crippen LogP contribution in [0.15, 0.2) is 63.4 Å². The van der Waals surface area contributed by atoms with E-state index < -0.39 is 21.9 Å². The number of ether oxygens (including phenoxy) is 2. The molecule has 0 spiro atoms. The number of nitrogens with two attached hydrogens (primary N) is 1. The largest absolute Gasteiger partial charge is 0.497 e. The minimum Gasteiger partial charge on any atom is -0.497 e. The van der Waals surface area contributed by atoms with E-state index in [2.05, 4.69) is 10.2 Å². The van der Waals surface area contributed by atoms with Gasteiger partial charge in [0.05, 0.1) is 7.11 Å². The van der Waals surface area contributed by atoms with Crippen molar-refractivity contribution < 1.29 is 22.4 Å². The third-order valence-electron chi connectivity index (χ3n) is 3.23. The van der Waals surface area contributed by atoms with Gasteiger partial charge in [-0.05, 0) is 24.3 Å². The van der Waals surface area contributed by atoms with Crippen LogP contribution in [-0.4, -0.2) is 39.0 Å². The van der Waals surface area contributed by atoms with Crippen LogP contribution in [0.1, 0.15) is 0 Å². The van der Waals surface area contributed by atoms with Gasteiger partial charge in [0, 0.05) is 13.2 Å². The number of nitrogens with zero attached hydrogens (tertiary/aromatic N) is 2. The van der Waals surface area contributed by atoms with Crippen LogP contribution in [0.2, 0.25) is 0 Å². The van der Waals surface area contributed by atoms with Crippen molar-refractivity contribution in [3.63, 3.8) is 0 Å². The lowest BCUT2D eigenvalue weighted by Crippen LogP contribution is -2.48. The highest BCUT2D eigenvalue weighted by atomic mass is 32.2. The number of allylic oxidation sites excluding steroid dienone is 1. The van der Waals surface area contributed by atoms with E-state index in [4.69, 9.17) is 15.2 Å². The molecule has 0 amide bonds. The van der Waals surface area contributed by atoms with E-state index in [1.807, 2.05) is 0 Å². The van der Waals surface area contributed by atoms with E-state index in [9.17, 15) is 13.0 Å². The first-order valence-electron chi connectivity index (χ1n) is 6.56. The maximum absolute atomic E-state index is 11.4. The monoisotopic (exact) mass is 339 g/mol. The summed E-state index contributed by atoms with van der Waals surface area (Å²) in [6, 6.07) is 5.65. The van der Waals surface area contributed by atoms with Gasteiger partial charge in [0.15, 0.2) is 5.66 Å². The fourth-order valence-electron chi connectivity index (χ4n) is 2.07. The molecule has 0 bridgehead atoms. The number of rotatable bonds is 5. The van der Waals surface area contributed by atoms with Crippen molar-refractivity contribution in [2.45, 2.75) is 16.7 Å². The Morgan fingerprint density at radius 2 is 2.00 bits per heavy atom. The lowest BCUT2D eigenvalue weighted by molar-refractivity contribution is 0.0868. The molecule has 9 heteroatoms. The molecule has 0 aliphatic heterocycles. The molecule has 0 aromatic heterocycles. The molecule has 0 radical (unpaired) electrons. The highest BCUT2D eigenvalue weighted by Gasteiger charge is 2.35. The van der Waals surface area contributed by atoms with Crippen LogP contribution in [0, 0.1) is 0 Å². The van der Waals surface area contributed by atoms with Gasteiger partial charge in [0.1, 0.15) is 22.4 Å². The summed E-state index contributed by atoms with van der Waals surface area (Å²) in [7, 11) is -1.48. The molecule has 3 N–H and O–H groups in total. The summed E-state index contributed by atoms with van der Waals surface area (Å²) in [5.74, 6) is 0.475. The van der Waals surface area contributed by atoms with Crippen molar-refractivity contribution in [1.82, 2.24) is 0 Å². The Bertz CT molecular complexity index is 772. The minimum absolute atomic E-state index is 0.0309. The van der Waals surface area contributed by atoms with Crippen molar-refractivity contribution in [2.75, 3.05) is 14.2 Å². The molecule has 0 saturated carbocycles. The summed E-state index contributed by atoms with van der Waals surface area (Å²) in [6.45, 7) is 0. The standard InChI is InChI=1S/C14H17N3O5S/c1-21-10-7-8-13(22-2)14(15,9-10)17-16-11-5-3-4-6-12(11)23(18,19)20/h3-9,13H,15H2,1-2H3,(H,18,19,20)/b17-16+. The zero-order valence-electron chi connectivity index (χ0n) is 12.6. The lowest BCUT2D eigenvalue weighted by atomic mass is 9.98. The molecule has 0 fully saturated rings. The number of hydrogen-bond donors (Lipinski definition) is 2. The van der Waals surface area contributed by atoms with E-state index in [1.54, 1.807) is 18.2 Å². The average molecular weight is 339 g/mol. The topological polar surface area (TPSA) is 124 Å². The summed E-state index contributed by atoms with van der Waals surface area (Å²) >= 11 is 0.